The van der Waals surface area contributed by atoms with Crippen molar-refractivity contribution < 1.29 is 9.53 Å². The lowest BCUT2D eigenvalue weighted by Gasteiger charge is -2.19. The molecule has 1 atom stereocenters. The van der Waals surface area contributed by atoms with Crippen molar-refractivity contribution in [2.75, 3.05) is 35.6 Å². The number of nitrogens with zero attached hydrogens (tertiary/aromatic N) is 4. The van der Waals surface area contributed by atoms with Crippen molar-refractivity contribution in [3.63, 3.8) is 0 Å². The minimum Gasteiger partial charge on any atom is -0.493 e. The molecule has 39 heavy (non-hydrogen) atoms. The number of aryl methyl sites for hydroxylation is 2. The average molecular weight is 542 g/mol. The van der Waals surface area contributed by atoms with E-state index in [1.165, 1.54) is 0 Å². The maximum atomic E-state index is 12.7. The van der Waals surface area contributed by atoms with Gasteiger partial charge < -0.3 is 25.6 Å². The Bertz CT molecular complexity index is 1480. The summed E-state index contributed by atoms with van der Waals surface area (Å²) in [5.74, 6) is 2.04. The Balaban J connectivity index is 1.16. The second-order valence-electron chi connectivity index (χ2n) is 9.75. The van der Waals surface area contributed by atoms with Crippen LogP contribution in [0.25, 0.3) is 0 Å². The van der Waals surface area contributed by atoms with Crippen LogP contribution >= 0.6 is 11.6 Å². The lowest BCUT2D eigenvalue weighted by atomic mass is 10.0. The summed E-state index contributed by atoms with van der Waals surface area (Å²) in [7, 11) is 0. The van der Waals surface area contributed by atoms with Crippen molar-refractivity contribution in [2.24, 2.45) is 5.92 Å². The summed E-state index contributed by atoms with van der Waals surface area (Å²) in [5.41, 5.74) is 4.63. The first-order valence-electron chi connectivity index (χ1n) is 13.0. The van der Waals surface area contributed by atoms with Crippen LogP contribution in [0, 0.1) is 5.92 Å². The third-order valence-corrected chi connectivity index (χ3v) is 7.15. The average Bonchev–Trinajstić information content (AvgIpc) is 3.43. The van der Waals surface area contributed by atoms with Gasteiger partial charge in [0.25, 0.3) is 0 Å². The molecule has 0 spiro atoms. The molecule has 2 amide bonds. The molecule has 1 fully saturated rings. The van der Waals surface area contributed by atoms with Crippen molar-refractivity contribution in [1.29, 1.82) is 0 Å². The molecule has 1 saturated heterocycles. The molecule has 4 aromatic rings. The van der Waals surface area contributed by atoms with Crippen LogP contribution in [-0.4, -0.2) is 45.6 Å². The Morgan fingerprint density at radius 2 is 1.95 bits per heavy atom. The Morgan fingerprint density at radius 1 is 1.05 bits per heavy atom. The number of halogens is 1. The van der Waals surface area contributed by atoms with E-state index in [1.54, 1.807) is 12.4 Å². The molecule has 0 radical (unpaired) electrons. The number of aromatic nitrogens is 3. The zero-order valence-corrected chi connectivity index (χ0v) is 22.0. The minimum atomic E-state index is -0.0750. The van der Waals surface area contributed by atoms with Crippen LogP contribution in [-0.2, 0) is 12.8 Å². The molecule has 6 rings (SSSR count). The van der Waals surface area contributed by atoms with Crippen molar-refractivity contribution in [2.45, 2.75) is 19.3 Å². The maximum Gasteiger partial charge on any atom is 0.321 e. The molecule has 2 aliphatic rings. The van der Waals surface area contributed by atoms with Gasteiger partial charge in [0.2, 0.25) is 5.95 Å². The number of ether oxygens (including phenoxy) is 1. The highest BCUT2D eigenvalue weighted by Gasteiger charge is 2.27. The fraction of sp³-hybridized carbons (Fsp3) is 0.241. The molecular formula is C29H28ClN7O2. The third-order valence-electron chi connectivity index (χ3n) is 6.87. The Kier molecular flexibility index (Phi) is 7.14. The third kappa shape index (κ3) is 6.04. The number of benzene rings is 2. The number of hydrogen-bond acceptors (Lipinski definition) is 7. The number of para-hydroxylation sites is 1. The van der Waals surface area contributed by atoms with Crippen LogP contribution in [0.2, 0.25) is 5.02 Å². The molecule has 10 heteroatoms. The Hall–Kier alpha value is -4.37. The highest BCUT2D eigenvalue weighted by Crippen LogP contribution is 2.31. The van der Waals surface area contributed by atoms with Crippen LogP contribution < -0.4 is 20.7 Å². The Morgan fingerprint density at radius 3 is 2.85 bits per heavy atom. The van der Waals surface area contributed by atoms with Gasteiger partial charge in [0.15, 0.2) is 5.82 Å². The summed E-state index contributed by atoms with van der Waals surface area (Å²) in [5, 5.41) is 9.91. The van der Waals surface area contributed by atoms with Crippen molar-refractivity contribution in [3.8, 4) is 5.75 Å². The van der Waals surface area contributed by atoms with Gasteiger partial charge in [-0.25, -0.2) is 9.78 Å². The van der Waals surface area contributed by atoms with E-state index in [2.05, 4.69) is 37.0 Å². The number of nitrogens with one attached hydrogen (secondary N) is 3. The molecule has 0 aliphatic carbocycles. The van der Waals surface area contributed by atoms with Crippen molar-refractivity contribution in [3.05, 3.63) is 89.3 Å². The number of carbonyl (C=O) groups is 1. The molecule has 198 valence electrons. The fourth-order valence-corrected chi connectivity index (χ4v) is 4.97. The van der Waals surface area contributed by atoms with Gasteiger partial charge in [-0.15, -0.1) is 0 Å². The van der Waals surface area contributed by atoms with E-state index in [0.717, 1.165) is 53.2 Å². The molecule has 0 saturated carbocycles. The summed E-state index contributed by atoms with van der Waals surface area (Å²) in [6, 6.07) is 17.5. The van der Waals surface area contributed by atoms with Gasteiger partial charge in [-0.2, -0.15) is 4.98 Å². The molecule has 2 aromatic carbocycles. The second kappa shape index (κ2) is 11.2. The number of fused-ring (bicyclic) bond motifs is 6. The van der Waals surface area contributed by atoms with Gasteiger partial charge >= 0.3 is 6.03 Å². The molecular weight excluding hydrogens is 514 g/mol. The molecule has 9 nitrogen and oxygen atoms in total. The summed E-state index contributed by atoms with van der Waals surface area (Å²) in [6.07, 6.45) is 7.64. The topological polar surface area (TPSA) is 104 Å². The predicted octanol–water partition coefficient (Wildman–Crippen LogP) is 6.04. The summed E-state index contributed by atoms with van der Waals surface area (Å²) in [4.78, 5) is 27.7. The monoisotopic (exact) mass is 541 g/mol. The molecule has 2 aliphatic heterocycles. The number of anilines is 5. The highest BCUT2D eigenvalue weighted by atomic mass is 35.5. The van der Waals surface area contributed by atoms with Crippen LogP contribution in [0.3, 0.4) is 0 Å². The van der Waals surface area contributed by atoms with Crippen molar-refractivity contribution >= 4 is 46.5 Å². The SMILES string of the molecule is O=C(Nc1ccccc1)N1CCC(COc2ccc3cc2CCc2cncc(c2)Nc2ncc(Cl)c(n2)N3)C1. The fourth-order valence-electron chi connectivity index (χ4n) is 4.83. The van der Waals surface area contributed by atoms with Crippen LogP contribution in [0.15, 0.2) is 73.2 Å². The first-order valence-corrected chi connectivity index (χ1v) is 13.3. The zero-order valence-electron chi connectivity index (χ0n) is 21.2. The maximum absolute atomic E-state index is 12.7. The highest BCUT2D eigenvalue weighted by molar-refractivity contribution is 6.32. The number of pyridine rings is 1. The predicted molar refractivity (Wildman–Crippen MR) is 152 cm³/mol. The number of amides is 2. The number of carbonyl (C=O) groups excluding carboxylic acids is 1. The zero-order chi connectivity index (χ0) is 26.6. The van der Waals surface area contributed by atoms with E-state index in [1.807, 2.05) is 59.6 Å². The smallest absolute Gasteiger partial charge is 0.321 e. The Labute approximate surface area is 231 Å². The van der Waals surface area contributed by atoms with E-state index in [0.29, 0.717) is 36.5 Å². The molecule has 4 heterocycles. The van der Waals surface area contributed by atoms with E-state index in [4.69, 9.17) is 16.3 Å². The van der Waals surface area contributed by atoms with Gasteiger partial charge in [-0.05, 0) is 66.8 Å². The number of rotatable bonds is 4. The quantitative estimate of drug-likeness (QED) is 0.289. The van der Waals surface area contributed by atoms with E-state index < -0.39 is 0 Å². The van der Waals surface area contributed by atoms with Gasteiger partial charge in [-0.1, -0.05) is 29.8 Å². The summed E-state index contributed by atoms with van der Waals surface area (Å²) in [6.45, 7) is 1.91. The molecule has 2 aromatic heterocycles. The van der Waals surface area contributed by atoms with Gasteiger partial charge in [0.1, 0.15) is 10.8 Å². The largest absolute Gasteiger partial charge is 0.493 e. The van der Waals surface area contributed by atoms with Gasteiger partial charge in [-0.3, -0.25) is 4.98 Å². The summed E-state index contributed by atoms with van der Waals surface area (Å²) >= 11 is 6.38. The van der Waals surface area contributed by atoms with E-state index in [9.17, 15) is 4.79 Å². The number of hydrogen-bond donors (Lipinski definition) is 3. The second-order valence-corrected chi connectivity index (χ2v) is 10.2. The molecule has 1 unspecified atom stereocenters. The molecule has 3 N–H and O–H groups in total. The first kappa shape index (κ1) is 24.9. The van der Waals surface area contributed by atoms with E-state index in [-0.39, 0.29) is 11.9 Å². The van der Waals surface area contributed by atoms with Gasteiger partial charge in [0.05, 0.1) is 24.7 Å². The lowest BCUT2D eigenvalue weighted by molar-refractivity contribution is 0.214. The van der Waals surface area contributed by atoms with E-state index >= 15 is 0 Å². The van der Waals surface area contributed by atoms with Gasteiger partial charge in [0, 0.05) is 36.6 Å². The molecule has 6 bridgehead atoms. The number of urea groups is 1. The normalized spacial score (nSPS) is 16.1. The van der Waals surface area contributed by atoms with Crippen LogP contribution in [0.5, 0.6) is 5.75 Å². The number of likely N-dealkylation sites (tertiary alicyclic amines) is 1. The summed E-state index contributed by atoms with van der Waals surface area (Å²) < 4.78 is 6.35. The standard InChI is InChI=1S/C29H28ClN7O2/c30-25-16-32-28-34-24-12-19(14-31-15-24)6-7-21-13-23(33-27(25)36-28)8-9-26(21)39-18-20-10-11-37(17-20)29(38)35-22-4-2-1-3-5-22/h1-5,8-9,12-16,20H,6-7,10-11,17-18H2,(H,35,38)(H2,32,33,34,36). The van der Waals surface area contributed by atoms with Crippen LogP contribution in [0.1, 0.15) is 17.5 Å². The van der Waals surface area contributed by atoms with Crippen LogP contribution in [0.4, 0.5) is 33.6 Å². The van der Waals surface area contributed by atoms with Crippen molar-refractivity contribution in [1.82, 2.24) is 19.9 Å². The minimum absolute atomic E-state index is 0.0750. The lowest BCUT2D eigenvalue weighted by Crippen LogP contribution is -2.33. The first-order chi connectivity index (χ1) is 19.1.